The number of aromatic nitrogens is 4. The van der Waals surface area contributed by atoms with Crippen LogP contribution in [-0.4, -0.2) is 39.3 Å². The van der Waals surface area contributed by atoms with Crippen molar-refractivity contribution in [2.45, 2.75) is 19.4 Å². The van der Waals surface area contributed by atoms with E-state index in [0.29, 0.717) is 24.0 Å². The van der Waals surface area contributed by atoms with E-state index in [0.717, 1.165) is 13.0 Å². The molecule has 1 saturated heterocycles. The molecule has 1 aliphatic rings. The predicted octanol–water partition coefficient (Wildman–Crippen LogP) is 2.50. The molecule has 1 atom stereocenters. The Hall–Kier alpha value is -3.36. The Labute approximate surface area is 159 Å². The molecule has 0 radical (unpaired) electrons. The van der Waals surface area contributed by atoms with Gasteiger partial charge in [0.1, 0.15) is 17.5 Å². The Morgan fingerprint density at radius 3 is 2.64 bits per heavy atom. The molecule has 28 heavy (non-hydrogen) atoms. The number of aryl methyl sites for hydroxylation is 1. The van der Waals surface area contributed by atoms with Crippen LogP contribution in [0.3, 0.4) is 0 Å². The van der Waals surface area contributed by atoms with Gasteiger partial charge < -0.3 is 10.2 Å². The molecule has 1 fully saturated rings. The summed E-state index contributed by atoms with van der Waals surface area (Å²) >= 11 is 0. The lowest BCUT2D eigenvalue weighted by Gasteiger charge is -2.17. The lowest BCUT2D eigenvalue weighted by Crippen LogP contribution is -2.29. The molecule has 9 heteroatoms. The largest absolute Gasteiger partial charge is 0.364 e. The van der Waals surface area contributed by atoms with Crippen molar-refractivity contribution in [3.8, 4) is 11.3 Å². The zero-order valence-electron chi connectivity index (χ0n) is 15.1. The standard InChI is InChI=1S/C19H18F2N6O/c1-11-9-17(28)24-19(22-11)27-8-7-12(10-27)23-16-6-5-15(25-26-16)18-13(20)3-2-4-14(18)21/h2-6,9,12H,7-8,10H2,1H3,(H,23,26)(H,22,24,28). The second-order valence-corrected chi connectivity index (χ2v) is 6.69. The van der Waals surface area contributed by atoms with Gasteiger partial charge in [0.2, 0.25) is 5.95 Å². The van der Waals surface area contributed by atoms with Crippen LogP contribution in [0.4, 0.5) is 20.5 Å². The van der Waals surface area contributed by atoms with E-state index in [1.54, 1.807) is 13.0 Å². The zero-order chi connectivity index (χ0) is 19.7. The third-order valence-corrected chi connectivity index (χ3v) is 4.58. The molecule has 0 amide bonds. The summed E-state index contributed by atoms with van der Waals surface area (Å²) in [5, 5.41) is 11.2. The van der Waals surface area contributed by atoms with Crippen LogP contribution in [0.15, 0.2) is 41.2 Å². The number of benzene rings is 1. The van der Waals surface area contributed by atoms with E-state index >= 15 is 0 Å². The van der Waals surface area contributed by atoms with Crippen molar-refractivity contribution in [1.82, 2.24) is 20.2 Å². The first-order valence-corrected chi connectivity index (χ1v) is 8.87. The summed E-state index contributed by atoms with van der Waals surface area (Å²) in [6, 6.07) is 8.37. The fraction of sp³-hybridized carbons (Fsp3) is 0.263. The third-order valence-electron chi connectivity index (χ3n) is 4.58. The Morgan fingerprint density at radius 2 is 1.96 bits per heavy atom. The minimum absolute atomic E-state index is 0.0798. The average Bonchev–Trinajstić information content (AvgIpc) is 3.11. The number of hydrogen-bond donors (Lipinski definition) is 2. The highest BCUT2D eigenvalue weighted by molar-refractivity contribution is 5.61. The van der Waals surface area contributed by atoms with Gasteiger partial charge in [-0.15, -0.1) is 10.2 Å². The van der Waals surface area contributed by atoms with Crippen LogP contribution < -0.4 is 15.8 Å². The third kappa shape index (κ3) is 3.68. The van der Waals surface area contributed by atoms with Gasteiger partial charge in [-0.1, -0.05) is 6.07 Å². The van der Waals surface area contributed by atoms with Gasteiger partial charge in [0.15, 0.2) is 0 Å². The predicted molar refractivity (Wildman–Crippen MR) is 101 cm³/mol. The highest BCUT2D eigenvalue weighted by atomic mass is 19.1. The molecule has 0 spiro atoms. The molecule has 7 nitrogen and oxygen atoms in total. The maximum Gasteiger partial charge on any atom is 0.252 e. The second kappa shape index (κ2) is 7.34. The summed E-state index contributed by atoms with van der Waals surface area (Å²) in [5.41, 5.74) is 0.427. The number of aromatic amines is 1. The van der Waals surface area contributed by atoms with Crippen LogP contribution >= 0.6 is 0 Å². The van der Waals surface area contributed by atoms with Crippen molar-refractivity contribution in [3.63, 3.8) is 0 Å². The molecular weight excluding hydrogens is 366 g/mol. The van der Waals surface area contributed by atoms with E-state index in [1.165, 1.54) is 30.3 Å². The van der Waals surface area contributed by atoms with Crippen LogP contribution in [0, 0.1) is 18.6 Å². The highest BCUT2D eigenvalue weighted by Crippen LogP contribution is 2.24. The number of hydrogen-bond acceptors (Lipinski definition) is 6. The summed E-state index contributed by atoms with van der Waals surface area (Å²) in [5.74, 6) is -0.300. The SMILES string of the molecule is Cc1cc(=O)[nH]c(N2CCC(Nc3ccc(-c4c(F)cccc4F)nn3)C2)n1. The molecular formula is C19H18F2N6O. The Bertz CT molecular complexity index is 1030. The molecule has 2 N–H and O–H groups in total. The number of anilines is 2. The molecule has 1 aliphatic heterocycles. The topological polar surface area (TPSA) is 86.8 Å². The molecule has 0 saturated carbocycles. The maximum absolute atomic E-state index is 13.9. The van der Waals surface area contributed by atoms with Crippen molar-refractivity contribution in [1.29, 1.82) is 0 Å². The molecule has 0 aliphatic carbocycles. The summed E-state index contributed by atoms with van der Waals surface area (Å²) in [4.78, 5) is 20.7. The minimum atomic E-state index is -0.680. The summed E-state index contributed by atoms with van der Waals surface area (Å²) < 4.78 is 27.7. The molecule has 0 bridgehead atoms. The van der Waals surface area contributed by atoms with Crippen molar-refractivity contribution < 1.29 is 8.78 Å². The Balaban J connectivity index is 1.45. The quantitative estimate of drug-likeness (QED) is 0.719. The smallest absolute Gasteiger partial charge is 0.252 e. The molecule has 1 aromatic carbocycles. The van der Waals surface area contributed by atoms with Gasteiger partial charge in [-0.3, -0.25) is 9.78 Å². The van der Waals surface area contributed by atoms with Crippen molar-refractivity contribution in [3.05, 3.63) is 64.1 Å². The van der Waals surface area contributed by atoms with Crippen molar-refractivity contribution in [2.24, 2.45) is 0 Å². The number of nitrogens with zero attached hydrogens (tertiary/aromatic N) is 4. The Kier molecular flexibility index (Phi) is 4.72. The zero-order valence-corrected chi connectivity index (χ0v) is 15.1. The molecule has 2 aromatic heterocycles. The van der Waals surface area contributed by atoms with Gasteiger partial charge in [0.25, 0.3) is 5.56 Å². The van der Waals surface area contributed by atoms with Crippen molar-refractivity contribution in [2.75, 3.05) is 23.3 Å². The first-order chi connectivity index (χ1) is 13.5. The molecule has 1 unspecified atom stereocenters. The molecule has 3 heterocycles. The van der Waals surface area contributed by atoms with Gasteiger partial charge >= 0.3 is 0 Å². The monoisotopic (exact) mass is 384 g/mol. The summed E-state index contributed by atoms with van der Waals surface area (Å²) in [6.45, 7) is 3.15. The number of halogens is 2. The first kappa shape index (κ1) is 18.0. The van der Waals surface area contributed by atoms with E-state index in [1.807, 2.05) is 4.90 Å². The highest BCUT2D eigenvalue weighted by Gasteiger charge is 2.24. The fourth-order valence-corrected chi connectivity index (χ4v) is 3.28. The van der Waals surface area contributed by atoms with E-state index in [9.17, 15) is 13.6 Å². The van der Waals surface area contributed by atoms with E-state index in [2.05, 4.69) is 25.5 Å². The van der Waals surface area contributed by atoms with E-state index in [-0.39, 0.29) is 22.9 Å². The van der Waals surface area contributed by atoms with Crippen LogP contribution in [0.1, 0.15) is 12.1 Å². The average molecular weight is 384 g/mol. The summed E-state index contributed by atoms with van der Waals surface area (Å²) in [6.07, 6.45) is 0.822. The van der Waals surface area contributed by atoms with Gasteiger partial charge in [-0.25, -0.2) is 13.8 Å². The Morgan fingerprint density at radius 1 is 1.18 bits per heavy atom. The van der Waals surface area contributed by atoms with E-state index in [4.69, 9.17) is 0 Å². The lowest BCUT2D eigenvalue weighted by molar-refractivity contribution is 0.588. The van der Waals surface area contributed by atoms with Gasteiger partial charge in [-0.2, -0.15) is 0 Å². The maximum atomic E-state index is 13.9. The van der Waals surface area contributed by atoms with Crippen LogP contribution in [-0.2, 0) is 0 Å². The molecule has 4 rings (SSSR count). The van der Waals surface area contributed by atoms with E-state index < -0.39 is 11.6 Å². The van der Waals surface area contributed by atoms with Gasteiger partial charge in [-0.05, 0) is 37.6 Å². The normalized spacial score (nSPS) is 16.4. The number of nitrogens with one attached hydrogen (secondary N) is 2. The van der Waals surface area contributed by atoms with Crippen LogP contribution in [0.2, 0.25) is 0 Å². The van der Waals surface area contributed by atoms with Crippen LogP contribution in [0.5, 0.6) is 0 Å². The lowest BCUT2D eigenvalue weighted by atomic mass is 10.1. The first-order valence-electron chi connectivity index (χ1n) is 8.87. The fourth-order valence-electron chi connectivity index (χ4n) is 3.28. The van der Waals surface area contributed by atoms with Crippen LogP contribution in [0.25, 0.3) is 11.3 Å². The number of H-pyrrole nitrogens is 1. The van der Waals surface area contributed by atoms with Crippen molar-refractivity contribution >= 4 is 11.8 Å². The van der Waals surface area contributed by atoms with Gasteiger partial charge in [0, 0.05) is 30.9 Å². The molecule has 144 valence electrons. The summed E-state index contributed by atoms with van der Waals surface area (Å²) in [7, 11) is 0. The minimum Gasteiger partial charge on any atom is -0.364 e. The second-order valence-electron chi connectivity index (χ2n) is 6.69. The number of rotatable bonds is 4. The molecule has 3 aromatic rings. The van der Waals surface area contributed by atoms with Gasteiger partial charge in [0.05, 0.1) is 11.3 Å².